The molecule has 0 unspecified atom stereocenters. The van der Waals surface area contributed by atoms with Crippen LogP contribution in [0.4, 0.5) is 0 Å². The number of nitrogens with one attached hydrogen (secondary N) is 1. The third kappa shape index (κ3) is 3.21. The molecule has 3 aromatic rings. The molecule has 2 heterocycles. The van der Waals surface area contributed by atoms with Gasteiger partial charge in [0.25, 0.3) is 0 Å². The van der Waals surface area contributed by atoms with Gasteiger partial charge in [0, 0.05) is 11.5 Å². The van der Waals surface area contributed by atoms with Crippen molar-refractivity contribution in [2.24, 2.45) is 0 Å². The summed E-state index contributed by atoms with van der Waals surface area (Å²) in [6.45, 7) is 3.53. The number of halogens is 1. The van der Waals surface area contributed by atoms with Crippen LogP contribution in [-0.4, -0.2) is 31.4 Å². The Kier molecular flexibility index (Phi) is 4.68. The summed E-state index contributed by atoms with van der Waals surface area (Å²) in [6.07, 6.45) is 0. The lowest BCUT2D eigenvalue weighted by atomic mass is 9.99. The predicted octanol–water partition coefficient (Wildman–Crippen LogP) is 2.23. The molecule has 2 aromatic carbocycles. The van der Waals surface area contributed by atoms with Gasteiger partial charge < -0.3 is 19.2 Å². The number of hydrogen-bond acceptors (Lipinski definition) is 4. The Morgan fingerprint density at radius 2 is 1.85 bits per heavy atom. The first-order chi connectivity index (χ1) is 12.6. The first-order valence-electron chi connectivity index (χ1n) is 8.58. The van der Waals surface area contributed by atoms with Crippen molar-refractivity contribution >= 4 is 22.6 Å². The molecule has 1 aliphatic rings. The Morgan fingerprint density at radius 3 is 2.58 bits per heavy atom. The summed E-state index contributed by atoms with van der Waals surface area (Å²) < 4.78 is 10.9. The number of quaternary nitrogens is 1. The molecule has 0 aliphatic carbocycles. The number of fused-ring (bicyclic) bond motifs is 1. The number of phenolic OH excluding ortho intramolecular Hbond substituents is 1. The zero-order chi connectivity index (χ0) is 18.1. The van der Waals surface area contributed by atoms with Crippen molar-refractivity contribution in [1.29, 1.82) is 0 Å². The first-order valence-corrected chi connectivity index (χ1v) is 8.96. The van der Waals surface area contributed by atoms with Crippen LogP contribution in [0.2, 0.25) is 5.02 Å². The van der Waals surface area contributed by atoms with Gasteiger partial charge in [0.2, 0.25) is 0 Å². The van der Waals surface area contributed by atoms with Crippen LogP contribution in [0.15, 0.2) is 51.7 Å². The molecule has 4 rings (SSSR count). The van der Waals surface area contributed by atoms with E-state index < -0.39 is 5.63 Å². The molecule has 1 aromatic heterocycles. The van der Waals surface area contributed by atoms with E-state index in [1.54, 1.807) is 6.07 Å². The maximum absolute atomic E-state index is 12.2. The van der Waals surface area contributed by atoms with Crippen molar-refractivity contribution in [3.8, 4) is 16.9 Å². The average Bonchev–Trinajstić information content (AvgIpc) is 2.67. The van der Waals surface area contributed by atoms with Crippen LogP contribution >= 0.6 is 11.6 Å². The Balaban J connectivity index is 1.92. The lowest BCUT2D eigenvalue weighted by Crippen LogP contribution is -3.12. The van der Waals surface area contributed by atoms with Gasteiger partial charge in [-0.3, -0.25) is 0 Å². The van der Waals surface area contributed by atoms with E-state index >= 15 is 0 Å². The second-order valence-electron chi connectivity index (χ2n) is 6.45. The van der Waals surface area contributed by atoms with Crippen molar-refractivity contribution in [3.05, 3.63) is 63.5 Å². The monoisotopic (exact) mass is 372 g/mol. The molecule has 134 valence electrons. The van der Waals surface area contributed by atoms with E-state index in [2.05, 4.69) is 0 Å². The Hall–Kier alpha value is -2.34. The summed E-state index contributed by atoms with van der Waals surface area (Å²) in [6, 6.07) is 12.7. The van der Waals surface area contributed by atoms with Gasteiger partial charge >= 0.3 is 5.63 Å². The summed E-state index contributed by atoms with van der Waals surface area (Å²) in [4.78, 5) is 13.5. The van der Waals surface area contributed by atoms with Gasteiger partial charge in [0.05, 0.1) is 23.8 Å². The molecular weight excluding hydrogens is 354 g/mol. The molecule has 5 nitrogen and oxygen atoms in total. The molecule has 2 N–H and O–H groups in total. The van der Waals surface area contributed by atoms with Crippen molar-refractivity contribution in [3.63, 3.8) is 0 Å². The highest BCUT2D eigenvalue weighted by molar-refractivity contribution is 6.33. The minimum atomic E-state index is -0.448. The molecule has 1 saturated heterocycles. The SMILES string of the molecule is O=c1cc(-c2ccccc2)c2cc(Cl)c(O)c(C[NH+]3CCOCC3)c2o1. The van der Waals surface area contributed by atoms with Crippen LogP contribution < -0.4 is 10.5 Å². The van der Waals surface area contributed by atoms with Gasteiger partial charge in [-0.15, -0.1) is 0 Å². The van der Waals surface area contributed by atoms with Crippen LogP contribution in [0.3, 0.4) is 0 Å². The van der Waals surface area contributed by atoms with Gasteiger partial charge in [0.15, 0.2) is 5.58 Å². The molecule has 0 spiro atoms. The number of aromatic hydroxyl groups is 1. The van der Waals surface area contributed by atoms with Gasteiger partial charge in [-0.2, -0.15) is 0 Å². The Labute approximate surface area is 155 Å². The molecule has 6 heteroatoms. The van der Waals surface area contributed by atoms with Gasteiger partial charge in [-0.1, -0.05) is 41.9 Å². The summed E-state index contributed by atoms with van der Waals surface area (Å²) in [5.74, 6) is -0.0217. The molecule has 0 atom stereocenters. The second kappa shape index (κ2) is 7.11. The van der Waals surface area contributed by atoms with Crippen LogP contribution in [-0.2, 0) is 11.3 Å². The quantitative estimate of drug-likeness (QED) is 0.692. The highest BCUT2D eigenvalue weighted by Gasteiger charge is 2.23. The largest absolute Gasteiger partial charge is 0.506 e. The van der Waals surface area contributed by atoms with Crippen molar-refractivity contribution in [2.75, 3.05) is 26.3 Å². The summed E-state index contributed by atoms with van der Waals surface area (Å²) in [5, 5.41) is 11.5. The van der Waals surface area contributed by atoms with Gasteiger partial charge in [-0.25, -0.2) is 4.79 Å². The third-order valence-corrected chi connectivity index (χ3v) is 5.06. The van der Waals surface area contributed by atoms with E-state index in [4.69, 9.17) is 20.8 Å². The van der Waals surface area contributed by atoms with Gasteiger partial charge in [0.1, 0.15) is 25.4 Å². The van der Waals surface area contributed by atoms with Crippen LogP contribution in [0, 0.1) is 0 Å². The standard InChI is InChI=1S/C20H18ClNO4/c21-17-10-15-14(13-4-2-1-3-5-13)11-18(23)26-20(15)16(19(17)24)12-22-6-8-25-9-7-22/h1-5,10-11,24H,6-9,12H2/p+1. The predicted molar refractivity (Wildman–Crippen MR) is 99.8 cm³/mol. The van der Waals surface area contributed by atoms with Crippen LogP contribution in [0.1, 0.15) is 5.56 Å². The van der Waals surface area contributed by atoms with E-state index in [-0.39, 0.29) is 10.8 Å². The van der Waals surface area contributed by atoms with Crippen molar-refractivity contribution in [2.45, 2.75) is 6.54 Å². The molecular formula is C20H19ClNO4+. The van der Waals surface area contributed by atoms with Crippen molar-refractivity contribution in [1.82, 2.24) is 0 Å². The normalized spacial score (nSPS) is 15.4. The first kappa shape index (κ1) is 17.1. The van der Waals surface area contributed by atoms with Gasteiger partial charge in [-0.05, 0) is 17.2 Å². The van der Waals surface area contributed by atoms with Crippen molar-refractivity contribution < 1.29 is 19.2 Å². The molecule has 0 bridgehead atoms. The van der Waals surface area contributed by atoms with E-state index in [0.29, 0.717) is 30.9 Å². The zero-order valence-electron chi connectivity index (χ0n) is 14.1. The minimum Gasteiger partial charge on any atom is -0.506 e. The topological polar surface area (TPSA) is 64.1 Å². The minimum absolute atomic E-state index is 0.0217. The number of phenols is 1. The lowest BCUT2D eigenvalue weighted by molar-refractivity contribution is -0.921. The summed E-state index contributed by atoms with van der Waals surface area (Å²) >= 11 is 6.31. The molecule has 1 aliphatic heterocycles. The van der Waals surface area contributed by atoms with E-state index in [9.17, 15) is 9.90 Å². The fraction of sp³-hybridized carbons (Fsp3) is 0.250. The van der Waals surface area contributed by atoms with E-state index in [0.717, 1.165) is 29.6 Å². The lowest BCUT2D eigenvalue weighted by Gasteiger charge is -2.24. The Bertz CT molecular complexity index is 994. The highest BCUT2D eigenvalue weighted by atomic mass is 35.5. The number of ether oxygens (including phenoxy) is 1. The van der Waals surface area contributed by atoms with Crippen LogP contribution in [0.5, 0.6) is 5.75 Å². The molecule has 26 heavy (non-hydrogen) atoms. The second-order valence-corrected chi connectivity index (χ2v) is 6.85. The fourth-order valence-corrected chi connectivity index (χ4v) is 3.65. The fourth-order valence-electron chi connectivity index (χ4n) is 3.42. The van der Waals surface area contributed by atoms with Crippen LogP contribution in [0.25, 0.3) is 22.1 Å². The molecule has 0 amide bonds. The third-order valence-electron chi connectivity index (χ3n) is 4.77. The number of benzene rings is 2. The average molecular weight is 373 g/mol. The Morgan fingerprint density at radius 1 is 1.12 bits per heavy atom. The smallest absolute Gasteiger partial charge is 0.336 e. The molecule has 1 fully saturated rings. The zero-order valence-corrected chi connectivity index (χ0v) is 14.9. The molecule has 0 radical (unpaired) electrons. The summed E-state index contributed by atoms with van der Waals surface area (Å²) in [7, 11) is 0. The number of rotatable bonds is 3. The number of morpholine rings is 1. The maximum Gasteiger partial charge on any atom is 0.336 e. The highest BCUT2D eigenvalue weighted by Crippen LogP contribution is 2.37. The van der Waals surface area contributed by atoms with E-state index in [1.165, 1.54) is 11.0 Å². The maximum atomic E-state index is 12.2. The summed E-state index contributed by atoms with van der Waals surface area (Å²) in [5.41, 5.74) is 2.17. The number of hydrogen-bond donors (Lipinski definition) is 2. The van der Waals surface area contributed by atoms with E-state index in [1.807, 2.05) is 30.3 Å². The molecule has 0 saturated carbocycles.